The number of halogens is 3. The van der Waals surface area contributed by atoms with Gasteiger partial charge in [-0.3, -0.25) is 19.4 Å². The highest BCUT2D eigenvalue weighted by Gasteiger charge is 2.35. The van der Waals surface area contributed by atoms with E-state index in [-0.39, 0.29) is 44.2 Å². The number of thioether (sulfide) groups is 1. The summed E-state index contributed by atoms with van der Waals surface area (Å²) in [4.78, 5) is 61.0. The van der Waals surface area contributed by atoms with Crippen molar-refractivity contribution in [3.8, 4) is 0 Å². The monoisotopic (exact) mass is 1140 g/mol. The first kappa shape index (κ1) is 66.9. The molecular weight excluding hydrogens is 1060 g/mol. The highest BCUT2D eigenvalue weighted by Crippen LogP contribution is 2.30. The third kappa shape index (κ3) is 20.9. The maximum Gasteiger partial charge on any atom is 0.414 e. The summed E-state index contributed by atoms with van der Waals surface area (Å²) in [6.45, 7) is 20.6. The lowest BCUT2D eigenvalue weighted by atomic mass is 10.2. The first-order chi connectivity index (χ1) is 35.4. The largest absolute Gasteiger partial charge is 0.443 e. The lowest BCUT2D eigenvalue weighted by Gasteiger charge is -2.37. The molecule has 4 amide bonds. The summed E-state index contributed by atoms with van der Waals surface area (Å²) in [5, 5.41) is 22.6. The summed E-state index contributed by atoms with van der Waals surface area (Å²) in [5.74, 6) is -0.575. The van der Waals surface area contributed by atoms with Gasteiger partial charge in [-0.1, -0.05) is 66.0 Å². The Balaban J connectivity index is 0.000000407. The molecule has 424 valence electrons. The van der Waals surface area contributed by atoms with E-state index < -0.39 is 48.0 Å². The third-order valence-electron chi connectivity index (χ3n) is 12.4. The van der Waals surface area contributed by atoms with Gasteiger partial charge in [-0.05, 0) is 74.6 Å². The number of benzene rings is 2. The number of cyclic esters (lactones) is 2. The summed E-state index contributed by atoms with van der Waals surface area (Å²) in [6, 6.07) is 9.22. The van der Waals surface area contributed by atoms with E-state index in [1.54, 1.807) is 45.8 Å². The van der Waals surface area contributed by atoms with Crippen LogP contribution in [0.2, 0.25) is 0 Å². The van der Waals surface area contributed by atoms with Crippen LogP contribution < -0.4 is 30.7 Å². The van der Waals surface area contributed by atoms with Crippen LogP contribution in [0.25, 0.3) is 0 Å². The summed E-state index contributed by atoms with van der Waals surface area (Å²) >= 11 is 11.8. The average molecular weight is 1140 g/mol. The van der Waals surface area contributed by atoms with Crippen molar-refractivity contribution < 1.29 is 57.1 Å². The normalized spacial score (nSPS) is 18.1. The number of carbonyl (C=O) groups is 4. The van der Waals surface area contributed by atoms with Crippen LogP contribution in [0.4, 0.5) is 41.1 Å². The molecule has 2 unspecified atom stereocenters. The molecular formula is C50H80ClF2N9O10S3. The number of aliphatic hydroxyl groups excluding tert-OH is 2. The van der Waals surface area contributed by atoms with Gasteiger partial charge in [0.25, 0.3) is 11.8 Å². The van der Waals surface area contributed by atoms with E-state index in [1.807, 2.05) is 16.7 Å². The number of piperazine rings is 2. The van der Waals surface area contributed by atoms with Gasteiger partial charge in [0.05, 0.1) is 60.6 Å². The van der Waals surface area contributed by atoms with Crippen LogP contribution in [-0.2, 0) is 28.5 Å². The summed E-state index contributed by atoms with van der Waals surface area (Å²) in [6.07, 6.45) is -2.46. The molecule has 0 aromatic heterocycles. The van der Waals surface area contributed by atoms with E-state index in [2.05, 4.69) is 44.8 Å². The molecule has 4 aliphatic heterocycles. The van der Waals surface area contributed by atoms with E-state index in [4.69, 9.17) is 49.1 Å². The second-order valence-electron chi connectivity index (χ2n) is 17.2. The van der Waals surface area contributed by atoms with Crippen molar-refractivity contribution in [3.63, 3.8) is 0 Å². The molecule has 75 heavy (non-hydrogen) atoms. The van der Waals surface area contributed by atoms with E-state index in [0.29, 0.717) is 106 Å². The highest BCUT2D eigenvalue weighted by atomic mass is 35.5. The number of carbonyl (C=O) groups excluding carboxylic acids is 4. The standard InChI is InChI=1S/C21H29FN4O5S.C18H25FN4O5.C6H15N.C5H10S2.ClH/c1-3-19(32)23-11-15-12-26(21(29)31-15)14-4-5-17(16(22)10-14)24-6-8-25(9-7-24)20(28)18(27)13-30-2;1-27-11-16(24)17(25)22-6-4-21(5-7-22)15-3-2-12(8-14(15)19)23-10-13(9-20)28-18(23)26;1-4-7(5-2)6-3;1-3-5(6)7-4-2;/h4-5,10,15,18,27H,3,6-9,11-13H2,1-2H3,(H,23,32);2-3,8,13,16,24H,4-7,9-11,20H2,1H3;4-6H2,1-3H3;3-4H2,1-2H3;1H/t15-,18?;13-,16?;;;/m00.../s1. The summed E-state index contributed by atoms with van der Waals surface area (Å²) < 4.78 is 50.8. The second-order valence-corrected chi connectivity index (χ2v) is 19.8. The number of ether oxygens (including phenoxy) is 4. The number of methoxy groups -OCH3 is 2. The van der Waals surface area contributed by atoms with E-state index in [9.17, 15) is 38.2 Å². The van der Waals surface area contributed by atoms with E-state index >= 15 is 0 Å². The minimum Gasteiger partial charge on any atom is -0.443 e. The van der Waals surface area contributed by atoms with E-state index in [1.165, 1.54) is 55.8 Å². The van der Waals surface area contributed by atoms with Crippen molar-refractivity contribution in [2.24, 2.45) is 5.73 Å². The number of aliphatic hydroxyl groups is 2. The maximum absolute atomic E-state index is 14.9. The lowest BCUT2D eigenvalue weighted by molar-refractivity contribution is -0.143. The average Bonchev–Trinajstić information content (AvgIpc) is 3.99. The molecule has 4 heterocycles. The molecule has 2 aromatic carbocycles. The number of nitrogens with one attached hydrogen (secondary N) is 1. The van der Waals surface area contributed by atoms with Gasteiger partial charge in [0.2, 0.25) is 0 Å². The van der Waals surface area contributed by atoms with Crippen molar-refractivity contribution >= 4 is 105 Å². The van der Waals surface area contributed by atoms with Crippen LogP contribution in [0, 0.1) is 11.6 Å². The number of anilines is 4. The Morgan fingerprint density at radius 1 is 0.733 bits per heavy atom. The number of nitrogens with zero attached hydrogens (tertiary/aromatic N) is 7. The fourth-order valence-corrected chi connectivity index (χ4v) is 9.00. The molecule has 4 aliphatic rings. The zero-order valence-corrected chi connectivity index (χ0v) is 47.9. The Labute approximate surface area is 463 Å². The Morgan fingerprint density at radius 2 is 1.15 bits per heavy atom. The molecule has 4 fully saturated rings. The van der Waals surface area contributed by atoms with Gasteiger partial charge >= 0.3 is 12.2 Å². The Morgan fingerprint density at radius 3 is 1.45 bits per heavy atom. The molecule has 0 spiro atoms. The fraction of sp³-hybridized carbons (Fsp3) is 0.640. The molecule has 6 rings (SSSR count). The Kier molecular flexibility index (Phi) is 31.4. The molecule has 0 bridgehead atoms. The molecule has 0 aliphatic carbocycles. The van der Waals surface area contributed by atoms with Crippen molar-refractivity contribution in [1.82, 2.24) is 20.0 Å². The third-order valence-corrected chi connectivity index (χ3v) is 14.3. The molecule has 0 radical (unpaired) electrons. The summed E-state index contributed by atoms with van der Waals surface area (Å²) in [5.41, 5.74) is 7.16. The fourth-order valence-electron chi connectivity index (χ4n) is 8.04. The van der Waals surface area contributed by atoms with Crippen LogP contribution in [0.1, 0.15) is 54.4 Å². The minimum atomic E-state index is -1.20. The zero-order chi connectivity index (χ0) is 54.9. The molecule has 5 N–H and O–H groups in total. The topological polar surface area (TPSA) is 206 Å². The van der Waals surface area contributed by atoms with Gasteiger partial charge in [0.15, 0.2) is 12.2 Å². The first-order valence-electron chi connectivity index (χ1n) is 25.2. The van der Waals surface area contributed by atoms with E-state index in [0.717, 1.165) is 16.4 Å². The van der Waals surface area contributed by atoms with Crippen molar-refractivity contribution in [2.75, 3.05) is 151 Å². The smallest absolute Gasteiger partial charge is 0.414 e. The number of hydrogen-bond donors (Lipinski definition) is 4. The molecule has 4 atom stereocenters. The zero-order valence-electron chi connectivity index (χ0n) is 44.7. The highest BCUT2D eigenvalue weighted by molar-refractivity contribution is 8.23. The second kappa shape index (κ2) is 35.2. The number of hydrogen-bond acceptors (Lipinski definition) is 17. The van der Waals surface area contributed by atoms with Gasteiger partial charge in [0.1, 0.15) is 23.8 Å². The van der Waals surface area contributed by atoms with Crippen molar-refractivity contribution in [2.45, 2.75) is 78.8 Å². The first-order valence-corrected chi connectivity index (χ1v) is 27.1. The van der Waals surface area contributed by atoms with Crippen LogP contribution in [0.3, 0.4) is 0 Å². The molecule has 4 saturated heterocycles. The van der Waals surface area contributed by atoms with Gasteiger partial charge in [0, 0.05) is 77.3 Å². The molecule has 2 aromatic rings. The van der Waals surface area contributed by atoms with Gasteiger partial charge in [-0.2, -0.15) is 0 Å². The predicted octanol–water partition coefficient (Wildman–Crippen LogP) is 5.15. The van der Waals surface area contributed by atoms with Crippen LogP contribution in [0.5, 0.6) is 0 Å². The van der Waals surface area contributed by atoms with Crippen LogP contribution in [0.15, 0.2) is 36.4 Å². The Bertz CT molecular complexity index is 2100. The molecule has 19 nitrogen and oxygen atoms in total. The number of thiocarbonyl (C=S) groups is 2. The summed E-state index contributed by atoms with van der Waals surface area (Å²) in [7, 11) is 2.83. The lowest BCUT2D eigenvalue weighted by Crippen LogP contribution is -2.52. The number of rotatable bonds is 19. The van der Waals surface area contributed by atoms with Gasteiger partial charge < -0.3 is 64.7 Å². The minimum absolute atomic E-state index is 0. The number of nitrogens with two attached hydrogens (primary N) is 1. The van der Waals surface area contributed by atoms with Gasteiger partial charge in [-0.15, -0.1) is 24.2 Å². The quantitative estimate of drug-likeness (QED) is 0.134. The SMILES string of the molecule is CCC(=S)NC[C@H]1CN(c2ccc(N3CCN(C(=O)C(O)COC)CC3)c(F)c2)C(=O)O1.CCN(CC)CC.CCSC(=S)CC.COCC(O)C(=O)N1CCN(c2ccc(N3C[C@H](CN)OC3=O)cc2F)CC1.Cl. The van der Waals surface area contributed by atoms with Crippen molar-refractivity contribution in [3.05, 3.63) is 48.0 Å². The predicted molar refractivity (Wildman–Crippen MR) is 303 cm³/mol. The van der Waals surface area contributed by atoms with Gasteiger partial charge in [-0.25, -0.2) is 18.4 Å². The number of amides is 4. The van der Waals surface area contributed by atoms with Crippen LogP contribution >= 0.6 is 48.6 Å². The van der Waals surface area contributed by atoms with Crippen molar-refractivity contribution in [1.29, 1.82) is 0 Å². The Hall–Kier alpha value is -4.24. The molecule has 0 saturated carbocycles. The van der Waals surface area contributed by atoms with Crippen LogP contribution in [-0.4, -0.2) is 214 Å². The maximum atomic E-state index is 14.9. The molecule has 25 heteroatoms.